The molecular formula is C8H16NO2-. The lowest BCUT2D eigenvalue weighted by Crippen LogP contribution is -2.56. The number of hydrogen-bond donors (Lipinski definition) is 1. The summed E-state index contributed by atoms with van der Waals surface area (Å²) in [7, 11) is 0. The van der Waals surface area contributed by atoms with Gasteiger partial charge in [-0.3, -0.25) is 0 Å². The van der Waals surface area contributed by atoms with Gasteiger partial charge in [-0.2, -0.15) is 0 Å². The van der Waals surface area contributed by atoms with E-state index in [0.29, 0.717) is 12.5 Å². The van der Waals surface area contributed by atoms with Crippen molar-refractivity contribution >= 4 is 0 Å². The normalized spacial score (nSPS) is 32.5. The second-order valence-corrected chi connectivity index (χ2v) is 3.71. The van der Waals surface area contributed by atoms with Crippen molar-refractivity contribution in [3.8, 4) is 0 Å². The van der Waals surface area contributed by atoms with E-state index in [4.69, 9.17) is 5.11 Å². The van der Waals surface area contributed by atoms with Gasteiger partial charge in [-0.15, -0.1) is 0 Å². The Bertz CT molecular complexity index is 119. The Kier molecular flexibility index (Phi) is 2.87. The Morgan fingerprint density at radius 3 is 2.64 bits per heavy atom. The summed E-state index contributed by atoms with van der Waals surface area (Å²) >= 11 is 0. The maximum Gasteiger partial charge on any atom is 0.0803 e. The molecule has 3 heteroatoms. The molecule has 11 heavy (non-hydrogen) atoms. The average Bonchev–Trinajstić information content (AvgIpc) is 1.86. The molecule has 0 aromatic carbocycles. The van der Waals surface area contributed by atoms with Crippen molar-refractivity contribution in [3.63, 3.8) is 0 Å². The molecule has 0 aromatic heterocycles. The van der Waals surface area contributed by atoms with Crippen LogP contribution >= 0.6 is 0 Å². The number of hydroxylamine groups is 2. The molecule has 1 aliphatic rings. The number of nitrogens with zero attached hydrogens (tertiary/aromatic N) is 1. The van der Waals surface area contributed by atoms with Crippen LogP contribution in [0.5, 0.6) is 0 Å². The van der Waals surface area contributed by atoms with Gasteiger partial charge in [0.15, 0.2) is 0 Å². The van der Waals surface area contributed by atoms with Gasteiger partial charge in [0.05, 0.1) is 6.10 Å². The lowest BCUT2D eigenvalue weighted by Gasteiger charge is -2.51. The quantitative estimate of drug-likeness (QED) is 0.665. The zero-order valence-electron chi connectivity index (χ0n) is 7.16. The highest BCUT2D eigenvalue weighted by molar-refractivity contribution is 4.91. The highest BCUT2D eigenvalue weighted by atomic mass is 16.5. The molecule has 1 heterocycles. The molecule has 2 atom stereocenters. The monoisotopic (exact) mass is 158 g/mol. The van der Waals surface area contributed by atoms with Crippen molar-refractivity contribution < 1.29 is 5.11 Å². The van der Waals surface area contributed by atoms with Crippen LogP contribution in [0.15, 0.2) is 0 Å². The Morgan fingerprint density at radius 2 is 2.27 bits per heavy atom. The van der Waals surface area contributed by atoms with Crippen LogP contribution in [0.3, 0.4) is 0 Å². The summed E-state index contributed by atoms with van der Waals surface area (Å²) in [6.45, 7) is 4.56. The SMILES string of the molecule is CC(C)CC[C@H]1[C@@H](O)CN1[O-]. The molecule has 1 rings (SSSR count). The molecule has 0 unspecified atom stereocenters. The fourth-order valence-electron chi connectivity index (χ4n) is 1.34. The Balaban J connectivity index is 2.15. The third-order valence-electron chi connectivity index (χ3n) is 2.22. The fourth-order valence-corrected chi connectivity index (χ4v) is 1.34. The van der Waals surface area contributed by atoms with Crippen LogP contribution in [-0.4, -0.2) is 28.9 Å². The Labute approximate surface area is 67.6 Å². The predicted octanol–water partition coefficient (Wildman–Crippen LogP) is 0.966. The van der Waals surface area contributed by atoms with Gasteiger partial charge >= 0.3 is 0 Å². The van der Waals surface area contributed by atoms with Crippen molar-refractivity contribution in [1.82, 2.24) is 5.06 Å². The first-order valence-electron chi connectivity index (χ1n) is 4.23. The number of rotatable bonds is 3. The van der Waals surface area contributed by atoms with Crippen LogP contribution in [0.25, 0.3) is 0 Å². The molecule has 0 saturated carbocycles. The number of aliphatic hydroxyl groups is 1. The zero-order chi connectivity index (χ0) is 8.43. The van der Waals surface area contributed by atoms with Gasteiger partial charge in [-0.25, -0.2) is 0 Å². The highest BCUT2D eigenvalue weighted by Gasteiger charge is 2.30. The van der Waals surface area contributed by atoms with Gasteiger partial charge in [-0.1, -0.05) is 13.8 Å². The summed E-state index contributed by atoms with van der Waals surface area (Å²) in [6.07, 6.45) is 1.49. The van der Waals surface area contributed by atoms with Gasteiger partial charge in [0.1, 0.15) is 0 Å². The van der Waals surface area contributed by atoms with E-state index in [1.165, 1.54) is 0 Å². The van der Waals surface area contributed by atoms with Gasteiger partial charge in [0, 0.05) is 12.6 Å². The molecule has 0 bridgehead atoms. The summed E-state index contributed by atoms with van der Waals surface area (Å²) in [6, 6.07) is -0.114. The first kappa shape index (κ1) is 8.97. The first-order chi connectivity index (χ1) is 5.11. The molecule has 0 aliphatic carbocycles. The molecule has 1 aliphatic heterocycles. The maximum absolute atomic E-state index is 10.8. The molecule has 3 nitrogen and oxygen atoms in total. The summed E-state index contributed by atoms with van der Waals surface area (Å²) in [5.74, 6) is 0.621. The minimum Gasteiger partial charge on any atom is -0.785 e. The van der Waals surface area contributed by atoms with Gasteiger partial charge in [0.25, 0.3) is 0 Å². The molecule has 0 radical (unpaired) electrons. The first-order valence-corrected chi connectivity index (χ1v) is 4.23. The largest absolute Gasteiger partial charge is 0.785 e. The van der Waals surface area contributed by atoms with E-state index in [-0.39, 0.29) is 12.1 Å². The second kappa shape index (κ2) is 3.52. The van der Waals surface area contributed by atoms with E-state index in [0.717, 1.165) is 17.9 Å². The maximum atomic E-state index is 10.8. The standard InChI is InChI=1S/C8H16NO2/c1-6(2)3-4-7-8(10)5-9(7)11/h6-8,10H,3-5H2,1-2H3/q-1/t7-,8-/m0/s1. The van der Waals surface area contributed by atoms with E-state index >= 15 is 0 Å². The smallest absolute Gasteiger partial charge is 0.0803 e. The minimum atomic E-state index is -0.369. The number of β-amino-alcohol motifs (C(OH)–C–C–N with tert-alkyl or cyclic N) is 1. The predicted molar refractivity (Wildman–Crippen MR) is 43.9 cm³/mol. The van der Waals surface area contributed by atoms with E-state index in [9.17, 15) is 5.21 Å². The van der Waals surface area contributed by atoms with Gasteiger partial charge in [-0.05, 0) is 18.8 Å². The minimum absolute atomic E-state index is 0.114. The third-order valence-corrected chi connectivity index (χ3v) is 2.22. The van der Waals surface area contributed by atoms with Crippen molar-refractivity contribution in [2.45, 2.75) is 38.8 Å². The van der Waals surface area contributed by atoms with E-state index < -0.39 is 0 Å². The molecule has 0 spiro atoms. The molecular weight excluding hydrogens is 142 g/mol. The van der Waals surface area contributed by atoms with Crippen molar-refractivity contribution in [2.75, 3.05) is 6.54 Å². The molecule has 66 valence electrons. The summed E-state index contributed by atoms with van der Waals surface area (Å²) < 4.78 is 0. The van der Waals surface area contributed by atoms with Crippen LogP contribution < -0.4 is 0 Å². The number of hydrogen-bond acceptors (Lipinski definition) is 3. The summed E-state index contributed by atoms with van der Waals surface area (Å²) in [5.41, 5.74) is 0. The van der Waals surface area contributed by atoms with Crippen molar-refractivity contribution in [1.29, 1.82) is 0 Å². The fraction of sp³-hybridized carbons (Fsp3) is 1.00. The highest BCUT2D eigenvalue weighted by Crippen LogP contribution is 2.22. The molecule has 1 fully saturated rings. The Hall–Kier alpha value is -0.120. The lowest BCUT2D eigenvalue weighted by molar-refractivity contribution is -0.0366. The number of aliphatic hydroxyl groups excluding tert-OH is 1. The van der Waals surface area contributed by atoms with E-state index in [1.807, 2.05) is 0 Å². The molecule has 0 amide bonds. The Morgan fingerprint density at radius 1 is 1.64 bits per heavy atom. The lowest BCUT2D eigenvalue weighted by atomic mass is 9.94. The van der Waals surface area contributed by atoms with Crippen molar-refractivity contribution in [2.24, 2.45) is 5.92 Å². The van der Waals surface area contributed by atoms with Crippen LogP contribution in [0.2, 0.25) is 0 Å². The molecule has 0 aromatic rings. The zero-order valence-corrected chi connectivity index (χ0v) is 7.16. The average molecular weight is 158 g/mol. The summed E-state index contributed by atoms with van der Waals surface area (Å²) in [5, 5.41) is 20.9. The van der Waals surface area contributed by atoms with Gasteiger partial charge < -0.3 is 15.4 Å². The summed E-state index contributed by atoms with van der Waals surface area (Å²) in [4.78, 5) is 0. The van der Waals surface area contributed by atoms with Crippen LogP contribution in [0.4, 0.5) is 0 Å². The van der Waals surface area contributed by atoms with Gasteiger partial charge in [0.2, 0.25) is 0 Å². The second-order valence-electron chi connectivity index (χ2n) is 3.71. The van der Waals surface area contributed by atoms with E-state index in [1.54, 1.807) is 0 Å². The van der Waals surface area contributed by atoms with E-state index in [2.05, 4.69) is 13.8 Å². The van der Waals surface area contributed by atoms with Crippen molar-refractivity contribution in [3.05, 3.63) is 5.21 Å². The molecule has 1 N–H and O–H groups in total. The molecule has 1 saturated heterocycles. The van der Waals surface area contributed by atoms with Crippen LogP contribution in [0, 0.1) is 11.1 Å². The van der Waals surface area contributed by atoms with Crippen LogP contribution in [0.1, 0.15) is 26.7 Å². The van der Waals surface area contributed by atoms with Crippen LogP contribution in [-0.2, 0) is 0 Å². The third kappa shape index (κ3) is 2.15. The topological polar surface area (TPSA) is 46.5 Å².